The van der Waals surface area contributed by atoms with E-state index < -0.39 is 0 Å². The quantitative estimate of drug-likeness (QED) is 0.494. The molecule has 0 bridgehead atoms. The normalized spacial score (nSPS) is 11.6. The van der Waals surface area contributed by atoms with Crippen LogP contribution in [0.15, 0.2) is 53.0 Å². The second-order valence-corrected chi connectivity index (χ2v) is 4.97. The zero-order chi connectivity index (χ0) is 12.1. The summed E-state index contributed by atoms with van der Waals surface area (Å²) >= 11 is 3.61. The molecule has 0 saturated carbocycles. The van der Waals surface area contributed by atoms with E-state index in [-0.39, 0.29) is 0 Å². The minimum Gasteiger partial charge on any atom is -0.290 e. The molecule has 86 valence electrons. The Morgan fingerprint density at radius 1 is 0.833 bits per heavy atom. The summed E-state index contributed by atoms with van der Waals surface area (Å²) in [7, 11) is 0. The second-order valence-electron chi connectivity index (χ2n) is 4.18. The van der Waals surface area contributed by atoms with Gasteiger partial charge in [0.2, 0.25) is 0 Å². The minimum atomic E-state index is 0.856. The van der Waals surface area contributed by atoms with Crippen molar-refractivity contribution in [2.45, 2.75) is 0 Å². The highest BCUT2D eigenvalue weighted by Gasteiger charge is 2.12. The number of rotatable bonds is 0. The first-order valence-corrected chi connectivity index (χ1v) is 6.45. The van der Waals surface area contributed by atoms with Crippen molar-refractivity contribution in [3.63, 3.8) is 0 Å². The van der Waals surface area contributed by atoms with Gasteiger partial charge in [-0.1, -0.05) is 30.3 Å². The summed E-state index contributed by atoms with van der Waals surface area (Å²) in [5.74, 6) is 0. The Hall–Kier alpha value is -1.94. The summed E-state index contributed by atoms with van der Waals surface area (Å²) < 4.78 is 3.14. The Morgan fingerprint density at radius 3 is 2.44 bits per heavy atom. The average Bonchev–Trinajstić information content (AvgIpc) is 2.73. The van der Waals surface area contributed by atoms with Crippen molar-refractivity contribution in [1.82, 2.24) is 14.6 Å². The SMILES string of the molecule is Brc1c2ccccc2n2c1nnc1ccccc12. The van der Waals surface area contributed by atoms with Crippen LogP contribution in [-0.2, 0) is 0 Å². The van der Waals surface area contributed by atoms with Gasteiger partial charge < -0.3 is 0 Å². The van der Waals surface area contributed by atoms with Crippen LogP contribution in [0, 0.1) is 0 Å². The predicted molar refractivity (Wildman–Crippen MR) is 75.7 cm³/mol. The van der Waals surface area contributed by atoms with E-state index in [4.69, 9.17) is 0 Å². The summed E-state index contributed by atoms with van der Waals surface area (Å²) in [5.41, 5.74) is 3.98. The highest BCUT2D eigenvalue weighted by Crippen LogP contribution is 2.31. The Balaban J connectivity index is 2.41. The fourth-order valence-electron chi connectivity index (χ4n) is 2.36. The summed E-state index contributed by atoms with van der Waals surface area (Å²) in [6.07, 6.45) is 0. The standard InChI is InChI=1S/C14H8BrN3/c15-13-9-5-1-3-7-11(9)18-12-8-4-2-6-10(12)16-17-14(13)18/h1-8H. The lowest BCUT2D eigenvalue weighted by molar-refractivity contribution is 1.05. The summed E-state index contributed by atoms with van der Waals surface area (Å²) in [6, 6.07) is 16.3. The molecule has 4 aromatic rings. The molecule has 2 aromatic heterocycles. The third-order valence-corrected chi connectivity index (χ3v) is 3.95. The van der Waals surface area contributed by atoms with Crippen molar-refractivity contribution < 1.29 is 0 Å². The van der Waals surface area contributed by atoms with Crippen molar-refractivity contribution >= 4 is 43.5 Å². The molecule has 0 unspecified atom stereocenters. The van der Waals surface area contributed by atoms with Gasteiger partial charge in [0, 0.05) is 5.39 Å². The van der Waals surface area contributed by atoms with Gasteiger partial charge in [0.15, 0.2) is 5.65 Å². The number of fused-ring (bicyclic) bond motifs is 5. The fraction of sp³-hybridized carbons (Fsp3) is 0. The van der Waals surface area contributed by atoms with Gasteiger partial charge in [-0.2, -0.15) is 0 Å². The molecule has 0 saturated heterocycles. The Labute approximate surface area is 111 Å². The maximum Gasteiger partial charge on any atom is 0.175 e. The Kier molecular flexibility index (Phi) is 1.96. The van der Waals surface area contributed by atoms with Crippen LogP contribution in [0.1, 0.15) is 0 Å². The second kappa shape index (κ2) is 3.53. The first-order valence-electron chi connectivity index (χ1n) is 5.66. The molecule has 0 aliphatic carbocycles. The first-order chi connectivity index (χ1) is 8.86. The van der Waals surface area contributed by atoms with Gasteiger partial charge in [-0.05, 0) is 34.1 Å². The smallest absolute Gasteiger partial charge is 0.175 e. The van der Waals surface area contributed by atoms with Crippen LogP contribution in [0.3, 0.4) is 0 Å². The fourth-order valence-corrected chi connectivity index (χ4v) is 2.95. The number of halogens is 1. The predicted octanol–water partition coefficient (Wildman–Crippen LogP) is 3.80. The van der Waals surface area contributed by atoms with Gasteiger partial charge >= 0.3 is 0 Å². The molecule has 0 radical (unpaired) electrons. The van der Waals surface area contributed by atoms with Crippen molar-refractivity contribution in [2.24, 2.45) is 0 Å². The van der Waals surface area contributed by atoms with Crippen LogP contribution >= 0.6 is 15.9 Å². The van der Waals surface area contributed by atoms with Gasteiger partial charge in [-0.3, -0.25) is 4.40 Å². The zero-order valence-electron chi connectivity index (χ0n) is 9.34. The van der Waals surface area contributed by atoms with Crippen LogP contribution in [0.2, 0.25) is 0 Å². The maximum atomic E-state index is 4.31. The van der Waals surface area contributed by atoms with Crippen molar-refractivity contribution in [3.8, 4) is 0 Å². The van der Waals surface area contributed by atoms with E-state index in [0.29, 0.717) is 0 Å². The van der Waals surface area contributed by atoms with E-state index in [1.54, 1.807) is 0 Å². The van der Waals surface area contributed by atoms with E-state index in [0.717, 1.165) is 32.1 Å². The van der Waals surface area contributed by atoms with E-state index in [1.807, 2.05) is 30.3 Å². The van der Waals surface area contributed by atoms with Crippen LogP contribution in [0.25, 0.3) is 27.6 Å². The number of para-hydroxylation sites is 2. The Bertz CT molecular complexity index is 895. The lowest BCUT2D eigenvalue weighted by Gasteiger charge is -2.01. The number of nitrogens with zero attached hydrogens (tertiary/aromatic N) is 3. The van der Waals surface area contributed by atoms with Crippen LogP contribution < -0.4 is 0 Å². The summed E-state index contributed by atoms with van der Waals surface area (Å²) in [6.45, 7) is 0. The van der Waals surface area contributed by atoms with Crippen molar-refractivity contribution in [2.75, 3.05) is 0 Å². The molecular formula is C14H8BrN3. The largest absolute Gasteiger partial charge is 0.290 e. The van der Waals surface area contributed by atoms with Crippen molar-refractivity contribution in [1.29, 1.82) is 0 Å². The van der Waals surface area contributed by atoms with E-state index in [9.17, 15) is 0 Å². The number of benzene rings is 2. The van der Waals surface area contributed by atoms with Crippen molar-refractivity contribution in [3.05, 3.63) is 53.0 Å². The topological polar surface area (TPSA) is 30.2 Å². The number of aromatic nitrogens is 3. The third-order valence-electron chi connectivity index (χ3n) is 3.16. The van der Waals surface area contributed by atoms with Gasteiger partial charge in [0.05, 0.1) is 15.5 Å². The molecule has 0 aliphatic rings. The summed E-state index contributed by atoms with van der Waals surface area (Å²) in [4.78, 5) is 0. The molecule has 3 nitrogen and oxygen atoms in total. The zero-order valence-corrected chi connectivity index (χ0v) is 10.9. The van der Waals surface area contributed by atoms with E-state index in [1.165, 1.54) is 0 Å². The first kappa shape index (κ1) is 10.0. The molecule has 0 aliphatic heterocycles. The van der Waals surface area contributed by atoms with Crippen LogP contribution in [-0.4, -0.2) is 14.6 Å². The molecule has 4 rings (SSSR count). The number of hydrogen-bond acceptors (Lipinski definition) is 2. The number of hydrogen-bond donors (Lipinski definition) is 0. The Morgan fingerprint density at radius 2 is 1.56 bits per heavy atom. The maximum absolute atomic E-state index is 4.31. The van der Waals surface area contributed by atoms with Gasteiger partial charge in [0.25, 0.3) is 0 Å². The molecule has 4 heteroatoms. The summed E-state index contributed by atoms with van der Waals surface area (Å²) in [5, 5.41) is 9.73. The highest BCUT2D eigenvalue weighted by atomic mass is 79.9. The van der Waals surface area contributed by atoms with Gasteiger partial charge in [-0.25, -0.2) is 0 Å². The highest BCUT2D eigenvalue weighted by molar-refractivity contribution is 9.10. The molecular weight excluding hydrogens is 290 g/mol. The average molecular weight is 298 g/mol. The van der Waals surface area contributed by atoms with Gasteiger partial charge in [0.1, 0.15) is 5.52 Å². The van der Waals surface area contributed by atoms with E-state index in [2.05, 4.69) is 48.7 Å². The van der Waals surface area contributed by atoms with E-state index >= 15 is 0 Å². The molecule has 0 amide bonds. The molecule has 0 fully saturated rings. The minimum absolute atomic E-state index is 0.856. The van der Waals surface area contributed by atoms with Crippen LogP contribution in [0.5, 0.6) is 0 Å². The molecule has 18 heavy (non-hydrogen) atoms. The molecule has 2 heterocycles. The lowest BCUT2D eigenvalue weighted by Crippen LogP contribution is -1.94. The monoisotopic (exact) mass is 297 g/mol. The van der Waals surface area contributed by atoms with Gasteiger partial charge in [-0.15, -0.1) is 10.2 Å². The molecule has 0 atom stereocenters. The molecule has 0 N–H and O–H groups in total. The lowest BCUT2D eigenvalue weighted by atomic mass is 10.2. The molecule has 0 spiro atoms. The molecule has 2 aromatic carbocycles. The van der Waals surface area contributed by atoms with Crippen LogP contribution in [0.4, 0.5) is 0 Å². The third kappa shape index (κ3) is 1.18.